The molecule has 0 aliphatic rings. The average molecular weight is 867 g/mol. The van der Waals surface area contributed by atoms with Crippen LogP contribution in [0.2, 0.25) is 25.1 Å². The second-order valence-electron chi connectivity index (χ2n) is 12.9. The van der Waals surface area contributed by atoms with Gasteiger partial charge in [0.2, 0.25) is 0 Å². The predicted molar refractivity (Wildman–Crippen MR) is 242 cm³/mol. The summed E-state index contributed by atoms with van der Waals surface area (Å²) in [5.41, 5.74) is 6.93. The monoisotopic (exact) mass is 864 g/mol. The summed E-state index contributed by atoms with van der Waals surface area (Å²) in [7, 11) is -3.88. The molecule has 284 valence electrons. The maximum absolute atomic E-state index is 14.2. The van der Waals surface area contributed by atoms with Crippen molar-refractivity contribution in [3.05, 3.63) is 224 Å². The Morgan fingerprint density at radius 1 is 0.386 bits per heavy atom. The van der Waals surface area contributed by atoms with E-state index in [2.05, 4.69) is 4.90 Å². The summed E-state index contributed by atoms with van der Waals surface area (Å²) in [6.07, 6.45) is 7.23. The van der Waals surface area contributed by atoms with Gasteiger partial charge in [-0.25, -0.2) is 8.42 Å². The minimum atomic E-state index is -3.88. The van der Waals surface area contributed by atoms with Gasteiger partial charge in [0.25, 0.3) is 0 Å². The third-order valence-electron chi connectivity index (χ3n) is 9.13. The van der Waals surface area contributed by atoms with Crippen molar-refractivity contribution in [3.63, 3.8) is 0 Å². The van der Waals surface area contributed by atoms with E-state index in [-0.39, 0.29) is 4.90 Å². The van der Waals surface area contributed by atoms with E-state index >= 15 is 0 Å². The average Bonchev–Trinajstić information content (AvgIpc) is 3.22. The predicted octanol–water partition coefficient (Wildman–Crippen LogP) is 15.7. The molecule has 1 atom stereocenters. The lowest BCUT2D eigenvalue weighted by Crippen LogP contribution is -2.13. The van der Waals surface area contributed by atoms with E-state index in [1.807, 2.05) is 163 Å². The van der Waals surface area contributed by atoms with Crippen molar-refractivity contribution >= 4 is 108 Å². The quantitative estimate of drug-likeness (QED) is 0.115. The maximum atomic E-state index is 14.2. The Kier molecular flexibility index (Phi) is 12.8. The van der Waals surface area contributed by atoms with Crippen LogP contribution < -0.4 is 9.80 Å². The minimum Gasteiger partial charge on any atom is -0.311 e. The van der Waals surface area contributed by atoms with Gasteiger partial charge < -0.3 is 9.80 Å². The Balaban J connectivity index is 1.18. The molecule has 0 spiro atoms. The molecule has 1 unspecified atom stereocenters. The number of hydrogen-bond donors (Lipinski definition) is 0. The molecule has 0 amide bonds. The fourth-order valence-electron chi connectivity index (χ4n) is 6.30. The molecule has 4 nitrogen and oxygen atoms in total. The van der Waals surface area contributed by atoms with Gasteiger partial charge in [0, 0.05) is 59.2 Å². The molecule has 0 fully saturated rings. The van der Waals surface area contributed by atoms with Crippen LogP contribution in [0.25, 0.3) is 6.08 Å². The number of rotatable bonds is 12. The first-order valence-corrected chi connectivity index (χ1v) is 21.2. The van der Waals surface area contributed by atoms with Crippen molar-refractivity contribution in [2.24, 2.45) is 0 Å². The fraction of sp³-hybridized carbons (Fsp3) is 0.0213. The van der Waals surface area contributed by atoms with Crippen molar-refractivity contribution in [3.8, 4) is 0 Å². The van der Waals surface area contributed by atoms with E-state index in [1.165, 1.54) is 12.1 Å². The topological polar surface area (TPSA) is 40.6 Å². The summed E-state index contributed by atoms with van der Waals surface area (Å²) in [6.45, 7) is 0. The number of sulfone groups is 1. The lowest BCUT2D eigenvalue weighted by Gasteiger charge is -2.26. The van der Waals surface area contributed by atoms with Crippen molar-refractivity contribution in [1.82, 2.24) is 0 Å². The van der Waals surface area contributed by atoms with Crippen LogP contribution in [0.5, 0.6) is 0 Å². The molecule has 0 aliphatic heterocycles. The van der Waals surface area contributed by atoms with Crippen molar-refractivity contribution in [2.45, 2.75) is 10.1 Å². The number of halogens is 5. The van der Waals surface area contributed by atoms with E-state index in [9.17, 15) is 8.42 Å². The Labute approximate surface area is 358 Å². The van der Waals surface area contributed by atoms with Gasteiger partial charge >= 0.3 is 0 Å². The molecule has 57 heavy (non-hydrogen) atoms. The van der Waals surface area contributed by atoms with E-state index in [0.29, 0.717) is 30.7 Å². The van der Waals surface area contributed by atoms with Crippen LogP contribution in [0.15, 0.2) is 193 Å². The lowest BCUT2D eigenvalue weighted by molar-refractivity contribution is 0.590. The molecule has 0 N–H and O–H groups in total. The minimum absolute atomic E-state index is 0.167. The Morgan fingerprint density at radius 2 is 0.684 bits per heavy atom. The Bertz CT molecular complexity index is 2510. The van der Waals surface area contributed by atoms with E-state index in [1.54, 1.807) is 24.3 Å². The molecule has 0 radical (unpaired) electrons. The molecule has 0 aromatic heterocycles. The Hall–Kier alpha value is -4.98. The van der Waals surface area contributed by atoms with Gasteiger partial charge in [-0.1, -0.05) is 107 Å². The Morgan fingerprint density at radius 3 is 1.04 bits per heavy atom. The van der Waals surface area contributed by atoms with Gasteiger partial charge in [0.15, 0.2) is 9.84 Å². The normalized spacial score (nSPS) is 12.2. The van der Waals surface area contributed by atoms with Crippen molar-refractivity contribution < 1.29 is 8.42 Å². The van der Waals surface area contributed by atoms with Gasteiger partial charge in [0.05, 0.1) is 4.90 Å². The smallest absolute Gasteiger partial charge is 0.188 e. The molecular formula is C47H33Cl5N2O2S. The highest BCUT2D eigenvalue weighted by Gasteiger charge is 2.27. The van der Waals surface area contributed by atoms with Crippen LogP contribution >= 0.6 is 58.0 Å². The second-order valence-corrected chi connectivity index (χ2v) is 17.2. The first-order chi connectivity index (χ1) is 27.5. The molecule has 0 saturated heterocycles. The first kappa shape index (κ1) is 40.2. The van der Waals surface area contributed by atoms with Gasteiger partial charge in [-0.15, -0.1) is 0 Å². The zero-order chi connectivity index (χ0) is 39.9. The zero-order valence-electron chi connectivity index (χ0n) is 30.1. The van der Waals surface area contributed by atoms with Crippen LogP contribution in [-0.4, -0.2) is 8.42 Å². The largest absolute Gasteiger partial charge is 0.311 e. The highest BCUT2D eigenvalue weighted by molar-refractivity contribution is 7.91. The second kappa shape index (κ2) is 18.1. The summed E-state index contributed by atoms with van der Waals surface area (Å²) in [5, 5.41) is 2.00. The number of anilines is 6. The summed E-state index contributed by atoms with van der Waals surface area (Å²) >= 11 is 31.0. The van der Waals surface area contributed by atoms with Crippen molar-refractivity contribution in [1.29, 1.82) is 0 Å². The molecule has 0 heterocycles. The van der Waals surface area contributed by atoms with E-state index in [4.69, 9.17) is 58.0 Å². The molecule has 7 aromatic carbocycles. The molecule has 10 heteroatoms. The van der Waals surface area contributed by atoms with Gasteiger partial charge in [-0.3, -0.25) is 0 Å². The lowest BCUT2D eigenvalue weighted by atomic mass is 10.1. The fourth-order valence-corrected chi connectivity index (χ4v) is 8.55. The van der Waals surface area contributed by atoms with Crippen LogP contribution in [-0.2, 0) is 9.84 Å². The molecule has 0 bridgehead atoms. The summed E-state index contributed by atoms with van der Waals surface area (Å²) < 4.78 is 28.5. The van der Waals surface area contributed by atoms with E-state index in [0.717, 1.165) is 39.7 Å². The highest BCUT2D eigenvalue weighted by atomic mass is 35.5. The standard InChI is InChI=1S/C47H33Cl5N2O2S/c48-35-9-23-42(24-10-35)53(43-25-11-36(49)12-26-43)40-19-5-33(6-20-40)3-1-2-4-47(57(55,56)46-31-17-39(52)18-32-46)34-7-21-41(22-8-34)54(44-27-13-37(50)14-28-44)45-29-15-38(51)16-30-45/h1-32,47H. The number of allylic oxidation sites excluding steroid dienone is 2. The molecule has 0 aliphatic carbocycles. The molecule has 0 saturated carbocycles. The third kappa shape index (κ3) is 9.77. The van der Waals surface area contributed by atoms with Gasteiger partial charge in [-0.05, 0) is 157 Å². The molecular weight excluding hydrogens is 834 g/mol. The number of benzene rings is 7. The SMILES string of the molecule is O=S(=O)(c1ccc(Cl)cc1)C(C=CC=Cc1ccc(N(c2ccc(Cl)cc2)c2ccc(Cl)cc2)cc1)c1ccc(N(c2ccc(Cl)cc2)c2ccc(Cl)cc2)cc1. The number of hydrogen-bond acceptors (Lipinski definition) is 4. The van der Waals surface area contributed by atoms with E-state index < -0.39 is 15.1 Å². The summed E-state index contributed by atoms with van der Waals surface area (Å²) in [6, 6.07) is 52.1. The van der Waals surface area contributed by atoms with Gasteiger partial charge in [-0.2, -0.15) is 0 Å². The van der Waals surface area contributed by atoms with Gasteiger partial charge in [0.1, 0.15) is 5.25 Å². The molecule has 7 aromatic rings. The van der Waals surface area contributed by atoms with Crippen LogP contribution in [0, 0.1) is 0 Å². The van der Waals surface area contributed by atoms with Crippen LogP contribution in [0.3, 0.4) is 0 Å². The van der Waals surface area contributed by atoms with Crippen molar-refractivity contribution in [2.75, 3.05) is 9.80 Å². The van der Waals surface area contributed by atoms with Crippen LogP contribution in [0.1, 0.15) is 16.4 Å². The first-order valence-electron chi connectivity index (χ1n) is 17.7. The summed E-state index contributed by atoms with van der Waals surface area (Å²) in [5.74, 6) is 0. The zero-order valence-corrected chi connectivity index (χ0v) is 34.7. The maximum Gasteiger partial charge on any atom is 0.188 e. The number of nitrogens with zero attached hydrogens (tertiary/aromatic N) is 2. The third-order valence-corrected chi connectivity index (χ3v) is 12.4. The highest BCUT2D eigenvalue weighted by Crippen LogP contribution is 2.39. The molecule has 7 rings (SSSR count). The summed E-state index contributed by atoms with van der Waals surface area (Å²) in [4.78, 5) is 4.33. The van der Waals surface area contributed by atoms with Crippen LogP contribution in [0.4, 0.5) is 34.1 Å².